The van der Waals surface area contributed by atoms with Crippen LogP contribution in [0.15, 0.2) is 60.8 Å². The van der Waals surface area contributed by atoms with Gasteiger partial charge >= 0.3 is 5.97 Å². The number of aromatic nitrogens is 1. The molecule has 1 heterocycles. The number of benzene rings is 2. The van der Waals surface area contributed by atoms with Crippen molar-refractivity contribution in [3.63, 3.8) is 0 Å². The number of para-hydroxylation sites is 1. The maximum absolute atomic E-state index is 10.7. The van der Waals surface area contributed by atoms with Gasteiger partial charge in [-0.25, -0.2) is 0 Å². The van der Waals surface area contributed by atoms with E-state index in [4.69, 9.17) is 5.11 Å². The molecule has 4 heteroatoms. The number of carboxylic acids is 1. The Balaban J connectivity index is 1.87. The largest absolute Gasteiger partial charge is 0.481 e. The highest BCUT2D eigenvalue weighted by atomic mass is 16.4. The van der Waals surface area contributed by atoms with Crippen molar-refractivity contribution in [1.29, 1.82) is 0 Å². The Morgan fingerprint density at radius 2 is 1.81 bits per heavy atom. The third-order valence-electron chi connectivity index (χ3n) is 3.22. The third kappa shape index (κ3) is 3.00. The van der Waals surface area contributed by atoms with Crippen LogP contribution in [0.5, 0.6) is 0 Å². The quantitative estimate of drug-likeness (QED) is 0.765. The summed E-state index contributed by atoms with van der Waals surface area (Å²) in [5.41, 5.74) is 3.53. The summed E-state index contributed by atoms with van der Waals surface area (Å²) in [6, 6.07) is 17.3. The van der Waals surface area contributed by atoms with E-state index in [9.17, 15) is 4.79 Å². The van der Waals surface area contributed by atoms with Crippen molar-refractivity contribution in [1.82, 2.24) is 4.98 Å². The SMILES string of the molecule is O=C(O)Cc1ccc(Nc2cccc3cccnc23)cc1. The highest BCUT2D eigenvalue weighted by Gasteiger charge is 2.03. The molecule has 2 N–H and O–H groups in total. The van der Waals surface area contributed by atoms with Crippen LogP contribution in [-0.4, -0.2) is 16.1 Å². The van der Waals surface area contributed by atoms with Gasteiger partial charge in [0.1, 0.15) is 0 Å². The number of hydrogen-bond acceptors (Lipinski definition) is 3. The van der Waals surface area contributed by atoms with Crippen molar-refractivity contribution in [3.8, 4) is 0 Å². The first-order chi connectivity index (χ1) is 10.2. The number of aliphatic carboxylic acids is 1. The first-order valence-electron chi connectivity index (χ1n) is 6.64. The van der Waals surface area contributed by atoms with Gasteiger partial charge in [0, 0.05) is 17.3 Å². The van der Waals surface area contributed by atoms with Crippen molar-refractivity contribution in [2.45, 2.75) is 6.42 Å². The van der Waals surface area contributed by atoms with E-state index in [2.05, 4.69) is 10.3 Å². The summed E-state index contributed by atoms with van der Waals surface area (Å²) in [4.78, 5) is 15.1. The van der Waals surface area contributed by atoms with Crippen LogP contribution in [0.4, 0.5) is 11.4 Å². The molecule has 3 aromatic rings. The molecular weight excluding hydrogens is 264 g/mol. The number of carbonyl (C=O) groups is 1. The number of anilines is 2. The fourth-order valence-corrected chi connectivity index (χ4v) is 2.24. The van der Waals surface area contributed by atoms with Crippen LogP contribution in [0.25, 0.3) is 10.9 Å². The van der Waals surface area contributed by atoms with Gasteiger partial charge < -0.3 is 10.4 Å². The molecule has 0 aliphatic heterocycles. The molecule has 0 unspecified atom stereocenters. The van der Waals surface area contributed by atoms with E-state index in [1.165, 1.54) is 0 Å². The molecule has 0 atom stereocenters. The zero-order valence-corrected chi connectivity index (χ0v) is 11.3. The van der Waals surface area contributed by atoms with Crippen LogP contribution in [0.1, 0.15) is 5.56 Å². The Hall–Kier alpha value is -2.88. The van der Waals surface area contributed by atoms with E-state index < -0.39 is 5.97 Å². The summed E-state index contributed by atoms with van der Waals surface area (Å²) in [5.74, 6) is -0.825. The minimum atomic E-state index is -0.825. The van der Waals surface area contributed by atoms with Crippen molar-refractivity contribution >= 4 is 28.2 Å². The summed E-state index contributed by atoms with van der Waals surface area (Å²) < 4.78 is 0. The van der Waals surface area contributed by atoms with Crippen LogP contribution in [0, 0.1) is 0 Å². The lowest BCUT2D eigenvalue weighted by atomic mass is 10.1. The Kier molecular flexibility index (Phi) is 3.51. The molecule has 0 spiro atoms. The van der Waals surface area contributed by atoms with E-state index >= 15 is 0 Å². The van der Waals surface area contributed by atoms with Gasteiger partial charge in [-0.05, 0) is 29.8 Å². The molecule has 0 aliphatic carbocycles. The van der Waals surface area contributed by atoms with Crippen LogP contribution in [0.2, 0.25) is 0 Å². The fraction of sp³-hybridized carbons (Fsp3) is 0.0588. The predicted octanol–water partition coefficient (Wildman–Crippen LogP) is 3.61. The van der Waals surface area contributed by atoms with Crippen LogP contribution in [-0.2, 0) is 11.2 Å². The number of fused-ring (bicyclic) bond motifs is 1. The molecule has 0 amide bonds. The second kappa shape index (κ2) is 5.63. The van der Waals surface area contributed by atoms with Gasteiger partial charge in [-0.1, -0.05) is 30.3 Å². The van der Waals surface area contributed by atoms with Gasteiger partial charge in [-0.3, -0.25) is 9.78 Å². The molecule has 1 aromatic heterocycles. The molecule has 2 aromatic carbocycles. The number of rotatable bonds is 4. The molecular formula is C17H14N2O2. The Bertz CT molecular complexity index is 777. The molecule has 21 heavy (non-hydrogen) atoms. The van der Waals surface area contributed by atoms with E-state index in [1.54, 1.807) is 6.20 Å². The molecule has 4 nitrogen and oxygen atoms in total. The van der Waals surface area contributed by atoms with Crippen molar-refractivity contribution in [3.05, 3.63) is 66.4 Å². The molecule has 0 saturated carbocycles. The van der Waals surface area contributed by atoms with E-state index in [-0.39, 0.29) is 6.42 Å². The van der Waals surface area contributed by atoms with E-state index in [0.717, 1.165) is 27.8 Å². The zero-order chi connectivity index (χ0) is 14.7. The maximum atomic E-state index is 10.7. The normalized spacial score (nSPS) is 10.5. The van der Waals surface area contributed by atoms with Gasteiger partial charge in [0.15, 0.2) is 0 Å². The lowest BCUT2D eigenvalue weighted by Crippen LogP contribution is -2.00. The first-order valence-corrected chi connectivity index (χ1v) is 6.64. The first kappa shape index (κ1) is 13.1. The number of carboxylic acid groups (broad SMARTS) is 1. The summed E-state index contributed by atoms with van der Waals surface area (Å²) in [5, 5.41) is 13.2. The van der Waals surface area contributed by atoms with Gasteiger partial charge in [0.25, 0.3) is 0 Å². The minimum absolute atomic E-state index is 0.0378. The molecule has 0 radical (unpaired) electrons. The second-order valence-corrected chi connectivity index (χ2v) is 4.77. The second-order valence-electron chi connectivity index (χ2n) is 4.77. The summed E-state index contributed by atoms with van der Waals surface area (Å²) in [6.07, 6.45) is 1.81. The molecule has 0 aliphatic rings. The van der Waals surface area contributed by atoms with Crippen LogP contribution >= 0.6 is 0 Å². The van der Waals surface area contributed by atoms with Crippen molar-refractivity contribution in [2.24, 2.45) is 0 Å². The predicted molar refractivity (Wildman–Crippen MR) is 82.8 cm³/mol. The number of nitrogens with zero attached hydrogens (tertiary/aromatic N) is 1. The molecule has 3 rings (SSSR count). The highest BCUT2D eigenvalue weighted by Crippen LogP contribution is 2.24. The molecule has 0 bridgehead atoms. The standard InChI is InChI=1S/C17H14N2O2/c20-16(21)11-12-6-8-14(9-7-12)19-15-5-1-3-13-4-2-10-18-17(13)15/h1-10,19H,11H2,(H,20,21). The van der Waals surface area contributed by atoms with E-state index in [0.29, 0.717) is 0 Å². The minimum Gasteiger partial charge on any atom is -0.481 e. The molecule has 0 fully saturated rings. The Labute approximate surface area is 122 Å². The maximum Gasteiger partial charge on any atom is 0.307 e. The number of hydrogen-bond donors (Lipinski definition) is 2. The zero-order valence-electron chi connectivity index (χ0n) is 11.3. The van der Waals surface area contributed by atoms with Crippen molar-refractivity contribution in [2.75, 3.05) is 5.32 Å². The van der Waals surface area contributed by atoms with Crippen molar-refractivity contribution < 1.29 is 9.90 Å². The smallest absolute Gasteiger partial charge is 0.307 e. The van der Waals surface area contributed by atoms with Gasteiger partial charge in [0.2, 0.25) is 0 Å². The third-order valence-corrected chi connectivity index (χ3v) is 3.22. The number of nitrogens with one attached hydrogen (secondary N) is 1. The number of pyridine rings is 1. The lowest BCUT2D eigenvalue weighted by molar-refractivity contribution is -0.136. The Morgan fingerprint density at radius 3 is 2.57 bits per heavy atom. The lowest BCUT2D eigenvalue weighted by Gasteiger charge is -2.09. The topological polar surface area (TPSA) is 62.2 Å². The van der Waals surface area contributed by atoms with Crippen LogP contribution < -0.4 is 5.32 Å². The monoisotopic (exact) mass is 278 g/mol. The average Bonchev–Trinajstić information content (AvgIpc) is 2.49. The summed E-state index contributed by atoms with van der Waals surface area (Å²) >= 11 is 0. The molecule has 104 valence electrons. The van der Waals surface area contributed by atoms with Gasteiger partial charge in [-0.2, -0.15) is 0 Å². The fourth-order valence-electron chi connectivity index (χ4n) is 2.24. The average molecular weight is 278 g/mol. The summed E-state index contributed by atoms with van der Waals surface area (Å²) in [7, 11) is 0. The summed E-state index contributed by atoms with van der Waals surface area (Å²) in [6.45, 7) is 0. The Morgan fingerprint density at radius 1 is 1.05 bits per heavy atom. The van der Waals surface area contributed by atoms with E-state index in [1.807, 2.05) is 54.6 Å². The highest BCUT2D eigenvalue weighted by molar-refractivity contribution is 5.91. The molecule has 0 saturated heterocycles. The van der Waals surface area contributed by atoms with Gasteiger partial charge in [-0.15, -0.1) is 0 Å². The van der Waals surface area contributed by atoms with Crippen LogP contribution in [0.3, 0.4) is 0 Å². The van der Waals surface area contributed by atoms with Gasteiger partial charge in [0.05, 0.1) is 17.6 Å².